The van der Waals surface area contributed by atoms with Gasteiger partial charge in [0.2, 0.25) is 0 Å². The van der Waals surface area contributed by atoms with Crippen LogP contribution >= 0.6 is 15.9 Å². The first-order valence-corrected chi connectivity index (χ1v) is 7.13. The Kier molecular flexibility index (Phi) is 4.22. The first-order chi connectivity index (χ1) is 8.58. The molecule has 1 saturated carbocycles. The summed E-state index contributed by atoms with van der Waals surface area (Å²) >= 11 is 3.54. The van der Waals surface area contributed by atoms with E-state index in [-0.39, 0.29) is 11.9 Å². The van der Waals surface area contributed by atoms with Crippen LogP contribution in [0.3, 0.4) is 0 Å². The highest BCUT2D eigenvalue weighted by Crippen LogP contribution is 2.35. The van der Waals surface area contributed by atoms with Crippen LogP contribution in [-0.2, 0) is 29.4 Å². The molecule has 0 radical (unpaired) electrons. The van der Waals surface area contributed by atoms with Gasteiger partial charge in [0.25, 0.3) is 0 Å². The molecule has 1 aromatic rings. The number of rotatable bonds is 6. The summed E-state index contributed by atoms with van der Waals surface area (Å²) in [7, 11) is 3.50. The predicted octanol–water partition coefficient (Wildman–Crippen LogP) is 2.28. The van der Waals surface area contributed by atoms with Gasteiger partial charge in [-0.2, -0.15) is 5.10 Å². The standard InChI is InChI=1S/C13H19BrN2O2/c1-4-9-12(14)10(16(2)15-9)7-11(17)13(18-3)8-5-6-8/h8,13H,4-7H2,1-3H3. The van der Waals surface area contributed by atoms with Crippen LogP contribution in [0, 0.1) is 5.92 Å². The third kappa shape index (κ3) is 2.67. The zero-order valence-electron chi connectivity index (χ0n) is 11.1. The zero-order chi connectivity index (χ0) is 13.3. The van der Waals surface area contributed by atoms with Gasteiger partial charge in [0.1, 0.15) is 6.10 Å². The number of hydrogen-bond donors (Lipinski definition) is 0. The largest absolute Gasteiger partial charge is 0.373 e. The number of aromatic nitrogens is 2. The van der Waals surface area contributed by atoms with Crippen molar-refractivity contribution in [1.29, 1.82) is 0 Å². The van der Waals surface area contributed by atoms with Crippen molar-refractivity contribution < 1.29 is 9.53 Å². The summed E-state index contributed by atoms with van der Waals surface area (Å²) in [5, 5.41) is 4.40. The van der Waals surface area contributed by atoms with Crippen LogP contribution in [0.4, 0.5) is 0 Å². The molecule has 1 aliphatic rings. The second-order valence-corrected chi connectivity index (χ2v) is 5.61. The van der Waals surface area contributed by atoms with Crippen LogP contribution in [0.2, 0.25) is 0 Å². The van der Waals surface area contributed by atoms with Gasteiger partial charge in [-0.05, 0) is 41.1 Å². The quantitative estimate of drug-likeness (QED) is 0.809. The lowest BCUT2D eigenvalue weighted by Crippen LogP contribution is -2.27. The zero-order valence-corrected chi connectivity index (χ0v) is 12.7. The van der Waals surface area contributed by atoms with Gasteiger partial charge in [-0.3, -0.25) is 9.48 Å². The minimum Gasteiger partial charge on any atom is -0.373 e. The van der Waals surface area contributed by atoms with Gasteiger partial charge in [0, 0.05) is 14.2 Å². The molecule has 100 valence electrons. The van der Waals surface area contributed by atoms with Gasteiger partial charge in [0.05, 0.1) is 22.3 Å². The van der Waals surface area contributed by atoms with Crippen LogP contribution in [0.1, 0.15) is 31.2 Å². The Hall–Kier alpha value is -0.680. The van der Waals surface area contributed by atoms with Gasteiger partial charge < -0.3 is 4.74 Å². The molecule has 0 amide bonds. The Morgan fingerprint density at radius 1 is 1.61 bits per heavy atom. The van der Waals surface area contributed by atoms with E-state index in [2.05, 4.69) is 28.0 Å². The van der Waals surface area contributed by atoms with Crippen molar-refractivity contribution in [2.24, 2.45) is 13.0 Å². The molecule has 0 aromatic carbocycles. The van der Waals surface area contributed by atoms with Crippen LogP contribution in [0.15, 0.2) is 4.47 Å². The van der Waals surface area contributed by atoms with E-state index in [0.717, 1.165) is 35.1 Å². The maximum absolute atomic E-state index is 12.2. The Morgan fingerprint density at radius 3 is 2.72 bits per heavy atom. The van der Waals surface area contributed by atoms with E-state index in [1.807, 2.05) is 7.05 Å². The van der Waals surface area contributed by atoms with Gasteiger partial charge in [-0.15, -0.1) is 0 Å². The molecular weight excluding hydrogens is 296 g/mol. The third-order valence-corrected chi connectivity index (χ3v) is 4.38. The monoisotopic (exact) mass is 314 g/mol. The minimum absolute atomic E-state index is 0.159. The number of ketones is 1. The molecule has 0 saturated heterocycles. The lowest BCUT2D eigenvalue weighted by atomic mass is 10.1. The molecule has 4 nitrogen and oxygen atoms in total. The second-order valence-electron chi connectivity index (χ2n) is 4.82. The third-order valence-electron chi connectivity index (χ3n) is 3.47. The molecule has 1 heterocycles. The molecule has 0 spiro atoms. The molecule has 1 unspecified atom stereocenters. The smallest absolute Gasteiger partial charge is 0.167 e. The first-order valence-electron chi connectivity index (χ1n) is 6.34. The number of ether oxygens (including phenoxy) is 1. The number of methoxy groups -OCH3 is 1. The number of aryl methyl sites for hydroxylation is 2. The lowest BCUT2D eigenvalue weighted by molar-refractivity contribution is -0.129. The minimum atomic E-state index is -0.239. The SMILES string of the molecule is CCc1nn(C)c(CC(=O)C(OC)C2CC2)c1Br. The highest BCUT2D eigenvalue weighted by Gasteiger charge is 2.36. The number of hydrogen-bond acceptors (Lipinski definition) is 3. The topological polar surface area (TPSA) is 44.1 Å². The summed E-state index contributed by atoms with van der Waals surface area (Å²) in [4.78, 5) is 12.2. The van der Waals surface area contributed by atoms with Crippen molar-refractivity contribution in [2.45, 2.75) is 38.7 Å². The van der Waals surface area contributed by atoms with Crippen molar-refractivity contribution in [1.82, 2.24) is 9.78 Å². The van der Waals surface area contributed by atoms with E-state index in [9.17, 15) is 4.79 Å². The fraction of sp³-hybridized carbons (Fsp3) is 0.692. The molecular formula is C13H19BrN2O2. The summed E-state index contributed by atoms with van der Waals surface area (Å²) in [6.07, 6.45) is 3.23. The Bertz CT molecular complexity index is 452. The molecule has 0 aliphatic heterocycles. The Labute approximate surface area is 116 Å². The van der Waals surface area contributed by atoms with E-state index in [0.29, 0.717) is 12.3 Å². The number of halogens is 1. The van der Waals surface area contributed by atoms with Crippen molar-refractivity contribution in [3.8, 4) is 0 Å². The fourth-order valence-electron chi connectivity index (χ4n) is 2.26. The van der Waals surface area contributed by atoms with Crippen molar-refractivity contribution in [3.63, 3.8) is 0 Å². The van der Waals surface area contributed by atoms with Crippen molar-refractivity contribution in [3.05, 3.63) is 15.9 Å². The van der Waals surface area contributed by atoms with Crippen LogP contribution in [-0.4, -0.2) is 28.8 Å². The Morgan fingerprint density at radius 2 is 2.28 bits per heavy atom. The van der Waals surface area contributed by atoms with E-state index >= 15 is 0 Å². The summed E-state index contributed by atoms with van der Waals surface area (Å²) in [5.74, 6) is 0.589. The van der Waals surface area contributed by atoms with E-state index < -0.39 is 0 Å². The summed E-state index contributed by atoms with van der Waals surface area (Å²) < 4.78 is 8.08. The normalized spacial score (nSPS) is 16.9. The maximum atomic E-state index is 12.2. The van der Waals surface area contributed by atoms with E-state index in [1.54, 1.807) is 11.8 Å². The molecule has 1 aliphatic carbocycles. The second kappa shape index (κ2) is 5.53. The number of Topliss-reactive ketones (excluding diaryl/α,β-unsaturated/α-hetero) is 1. The molecule has 1 aromatic heterocycles. The number of nitrogens with zero attached hydrogens (tertiary/aromatic N) is 2. The summed E-state index contributed by atoms with van der Waals surface area (Å²) in [6, 6.07) is 0. The summed E-state index contributed by atoms with van der Waals surface area (Å²) in [5.41, 5.74) is 1.94. The lowest BCUT2D eigenvalue weighted by Gasteiger charge is -2.13. The molecule has 0 bridgehead atoms. The highest BCUT2D eigenvalue weighted by atomic mass is 79.9. The van der Waals surface area contributed by atoms with Gasteiger partial charge in [-0.25, -0.2) is 0 Å². The number of carbonyl (C=O) groups is 1. The van der Waals surface area contributed by atoms with Crippen molar-refractivity contribution >= 4 is 21.7 Å². The van der Waals surface area contributed by atoms with Crippen LogP contribution < -0.4 is 0 Å². The maximum Gasteiger partial charge on any atom is 0.167 e. The van der Waals surface area contributed by atoms with Gasteiger partial charge in [0.15, 0.2) is 5.78 Å². The highest BCUT2D eigenvalue weighted by molar-refractivity contribution is 9.10. The molecule has 2 rings (SSSR count). The van der Waals surface area contributed by atoms with Gasteiger partial charge >= 0.3 is 0 Å². The fourth-order valence-corrected chi connectivity index (χ4v) is 3.02. The van der Waals surface area contributed by atoms with Crippen molar-refractivity contribution in [2.75, 3.05) is 7.11 Å². The van der Waals surface area contributed by atoms with E-state index in [4.69, 9.17) is 4.74 Å². The van der Waals surface area contributed by atoms with Crippen LogP contribution in [0.25, 0.3) is 0 Å². The molecule has 1 fully saturated rings. The number of carbonyl (C=O) groups excluding carboxylic acids is 1. The predicted molar refractivity (Wildman–Crippen MR) is 72.5 cm³/mol. The molecule has 1 atom stereocenters. The Balaban J connectivity index is 2.13. The average molecular weight is 315 g/mol. The summed E-state index contributed by atoms with van der Waals surface area (Å²) in [6.45, 7) is 2.06. The first kappa shape index (κ1) is 13.7. The van der Waals surface area contributed by atoms with Gasteiger partial charge in [-0.1, -0.05) is 6.92 Å². The molecule has 0 N–H and O–H groups in total. The molecule has 5 heteroatoms. The van der Waals surface area contributed by atoms with Crippen LogP contribution in [0.5, 0.6) is 0 Å². The average Bonchev–Trinajstić information content (AvgIpc) is 3.13. The van der Waals surface area contributed by atoms with E-state index in [1.165, 1.54) is 0 Å². The molecule has 18 heavy (non-hydrogen) atoms.